The maximum Gasteiger partial charge on any atom is 0.433 e. The van der Waals surface area contributed by atoms with Gasteiger partial charge in [-0.25, -0.2) is 9.97 Å². The highest BCUT2D eigenvalue weighted by Crippen LogP contribution is 2.30. The summed E-state index contributed by atoms with van der Waals surface area (Å²) in [5.74, 6) is 0.208. The minimum atomic E-state index is -4.45. The smallest absolute Gasteiger partial charge is 0.363 e. The van der Waals surface area contributed by atoms with Crippen molar-refractivity contribution in [2.24, 2.45) is 0 Å². The molecule has 0 N–H and O–H groups in total. The molecule has 1 aromatic heterocycles. The number of aromatic nitrogens is 2. The lowest BCUT2D eigenvalue weighted by Crippen LogP contribution is -2.15. The van der Waals surface area contributed by atoms with Crippen LogP contribution in [0, 0.1) is 0 Å². The number of alkyl halides is 3. The van der Waals surface area contributed by atoms with Crippen molar-refractivity contribution in [1.82, 2.24) is 9.97 Å². The van der Waals surface area contributed by atoms with Gasteiger partial charge in [-0.05, 0) is 15.9 Å². The molecule has 0 saturated carbocycles. The minimum Gasteiger partial charge on any atom is -0.363 e. The van der Waals surface area contributed by atoms with Gasteiger partial charge >= 0.3 is 6.18 Å². The molecule has 0 spiro atoms. The Labute approximate surface area is 87.1 Å². The SMILES string of the molecule is CN(C)c1cc(C(F)(F)F)nc(Br)n1. The van der Waals surface area contributed by atoms with Crippen LogP contribution >= 0.6 is 15.9 Å². The molecule has 0 atom stereocenters. The number of hydrogen-bond acceptors (Lipinski definition) is 3. The topological polar surface area (TPSA) is 29.0 Å². The van der Waals surface area contributed by atoms with Crippen LogP contribution in [0.1, 0.15) is 5.69 Å². The quantitative estimate of drug-likeness (QED) is 0.733. The summed E-state index contributed by atoms with van der Waals surface area (Å²) in [5.41, 5.74) is -0.955. The third-order valence-corrected chi connectivity index (χ3v) is 1.79. The van der Waals surface area contributed by atoms with Gasteiger partial charge in [0.15, 0.2) is 10.4 Å². The summed E-state index contributed by atoms with van der Waals surface area (Å²) in [7, 11) is 3.21. The average molecular weight is 270 g/mol. The van der Waals surface area contributed by atoms with Crippen LogP contribution in [0.15, 0.2) is 10.8 Å². The summed E-state index contributed by atoms with van der Waals surface area (Å²) in [6, 6.07) is 0.894. The highest BCUT2D eigenvalue weighted by molar-refractivity contribution is 9.10. The van der Waals surface area contributed by atoms with Crippen LogP contribution in [-0.4, -0.2) is 24.1 Å². The van der Waals surface area contributed by atoms with E-state index in [-0.39, 0.29) is 10.6 Å². The van der Waals surface area contributed by atoms with E-state index < -0.39 is 11.9 Å². The predicted molar refractivity (Wildman–Crippen MR) is 49.1 cm³/mol. The molecule has 1 heterocycles. The summed E-state index contributed by atoms with van der Waals surface area (Å²) < 4.78 is 36.8. The van der Waals surface area contributed by atoms with Crippen LogP contribution in [-0.2, 0) is 6.18 Å². The van der Waals surface area contributed by atoms with Gasteiger partial charge in [0.05, 0.1) is 0 Å². The fraction of sp³-hybridized carbons (Fsp3) is 0.429. The van der Waals surface area contributed by atoms with Crippen LogP contribution in [0.5, 0.6) is 0 Å². The molecule has 1 aromatic rings. The highest BCUT2D eigenvalue weighted by Gasteiger charge is 2.33. The molecular weight excluding hydrogens is 263 g/mol. The Morgan fingerprint density at radius 1 is 1.29 bits per heavy atom. The third-order valence-electron chi connectivity index (χ3n) is 1.43. The zero-order chi connectivity index (χ0) is 10.9. The zero-order valence-electron chi connectivity index (χ0n) is 7.43. The second-order valence-corrected chi connectivity index (χ2v) is 3.48. The molecule has 0 radical (unpaired) electrons. The van der Waals surface area contributed by atoms with E-state index in [9.17, 15) is 13.2 Å². The average Bonchev–Trinajstić information content (AvgIpc) is 2.01. The molecule has 0 aliphatic carbocycles. The first kappa shape index (κ1) is 11.2. The van der Waals surface area contributed by atoms with E-state index in [0.717, 1.165) is 6.07 Å². The molecule has 0 aromatic carbocycles. The molecule has 14 heavy (non-hydrogen) atoms. The Balaban J connectivity index is 3.21. The Kier molecular flexibility index (Phi) is 2.98. The van der Waals surface area contributed by atoms with Crippen LogP contribution in [0.4, 0.5) is 19.0 Å². The largest absolute Gasteiger partial charge is 0.433 e. The number of anilines is 1. The monoisotopic (exact) mass is 269 g/mol. The van der Waals surface area contributed by atoms with Crippen LogP contribution < -0.4 is 4.90 Å². The molecule has 0 fully saturated rings. The van der Waals surface area contributed by atoms with Crippen molar-refractivity contribution in [2.45, 2.75) is 6.18 Å². The molecular formula is C7H7BrF3N3. The summed E-state index contributed by atoms with van der Waals surface area (Å²) in [6.07, 6.45) is -4.45. The zero-order valence-corrected chi connectivity index (χ0v) is 9.02. The number of nitrogens with zero attached hydrogens (tertiary/aromatic N) is 3. The van der Waals surface area contributed by atoms with Gasteiger partial charge in [0.1, 0.15) is 5.82 Å². The summed E-state index contributed by atoms with van der Waals surface area (Å²) >= 11 is 2.82. The van der Waals surface area contributed by atoms with Gasteiger partial charge in [-0.15, -0.1) is 0 Å². The normalized spacial score (nSPS) is 11.6. The lowest BCUT2D eigenvalue weighted by molar-refractivity contribution is -0.141. The van der Waals surface area contributed by atoms with Gasteiger partial charge in [0.2, 0.25) is 0 Å². The van der Waals surface area contributed by atoms with Crippen LogP contribution in [0.3, 0.4) is 0 Å². The van der Waals surface area contributed by atoms with Crippen molar-refractivity contribution in [3.63, 3.8) is 0 Å². The lowest BCUT2D eigenvalue weighted by Gasteiger charge is -2.13. The molecule has 0 saturated heterocycles. The Morgan fingerprint density at radius 3 is 2.29 bits per heavy atom. The maximum atomic E-state index is 12.3. The molecule has 0 unspecified atom stereocenters. The van der Waals surface area contributed by atoms with Gasteiger partial charge in [0, 0.05) is 20.2 Å². The van der Waals surface area contributed by atoms with Crippen molar-refractivity contribution in [3.05, 3.63) is 16.5 Å². The third kappa shape index (κ3) is 2.57. The van der Waals surface area contributed by atoms with E-state index in [2.05, 4.69) is 25.9 Å². The van der Waals surface area contributed by atoms with E-state index in [4.69, 9.17) is 0 Å². The first-order valence-electron chi connectivity index (χ1n) is 3.60. The van der Waals surface area contributed by atoms with Crippen LogP contribution in [0.2, 0.25) is 0 Å². The van der Waals surface area contributed by atoms with Gasteiger partial charge < -0.3 is 4.90 Å². The molecule has 78 valence electrons. The van der Waals surface area contributed by atoms with E-state index in [0.29, 0.717) is 0 Å². The van der Waals surface area contributed by atoms with Crippen molar-refractivity contribution < 1.29 is 13.2 Å². The van der Waals surface area contributed by atoms with Crippen molar-refractivity contribution in [1.29, 1.82) is 0 Å². The molecule has 0 aliphatic heterocycles. The lowest BCUT2D eigenvalue weighted by atomic mass is 10.4. The van der Waals surface area contributed by atoms with Gasteiger partial charge in [-0.1, -0.05) is 0 Å². The van der Waals surface area contributed by atoms with E-state index in [1.165, 1.54) is 4.90 Å². The van der Waals surface area contributed by atoms with Gasteiger partial charge in [0.25, 0.3) is 0 Å². The van der Waals surface area contributed by atoms with Gasteiger partial charge in [-0.2, -0.15) is 13.2 Å². The summed E-state index contributed by atoms with van der Waals surface area (Å²) in [4.78, 5) is 8.49. The number of halogens is 4. The van der Waals surface area contributed by atoms with Crippen LogP contribution in [0.25, 0.3) is 0 Å². The highest BCUT2D eigenvalue weighted by atomic mass is 79.9. The first-order chi connectivity index (χ1) is 6.30. The maximum absolute atomic E-state index is 12.3. The standard InChI is InChI=1S/C7H7BrF3N3/c1-14(2)5-3-4(7(9,10)11)12-6(8)13-5/h3H,1-2H3. The van der Waals surface area contributed by atoms with E-state index in [1.807, 2.05) is 0 Å². The summed E-state index contributed by atoms with van der Waals surface area (Å²) in [6.45, 7) is 0. The van der Waals surface area contributed by atoms with E-state index in [1.54, 1.807) is 14.1 Å². The molecule has 3 nitrogen and oxygen atoms in total. The minimum absolute atomic E-state index is 0.0731. The Morgan fingerprint density at radius 2 is 1.86 bits per heavy atom. The van der Waals surface area contributed by atoms with Gasteiger partial charge in [-0.3, -0.25) is 0 Å². The second kappa shape index (κ2) is 3.72. The molecule has 7 heteroatoms. The Bertz CT molecular complexity index is 337. The second-order valence-electron chi connectivity index (χ2n) is 2.77. The summed E-state index contributed by atoms with van der Waals surface area (Å²) in [5, 5.41) is 0. The molecule has 0 aliphatic rings. The number of hydrogen-bond donors (Lipinski definition) is 0. The van der Waals surface area contributed by atoms with Crippen molar-refractivity contribution >= 4 is 21.7 Å². The van der Waals surface area contributed by atoms with Crippen molar-refractivity contribution in [3.8, 4) is 0 Å². The molecule has 0 amide bonds. The van der Waals surface area contributed by atoms with Crippen molar-refractivity contribution in [2.75, 3.05) is 19.0 Å². The van der Waals surface area contributed by atoms with E-state index >= 15 is 0 Å². The molecule has 0 bridgehead atoms. The fourth-order valence-electron chi connectivity index (χ4n) is 0.780. The Hall–Kier alpha value is -0.850. The predicted octanol–water partition coefficient (Wildman–Crippen LogP) is 2.32. The fourth-order valence-corrected chi connectivity index (χ4v) is 1.15. The first-order valence-corrected chi connectivity index (χ1v) is 4.39. The number of rotatable bonds is 1. The molecule has 1 rings (SSSR count).